The number of Topliss-reactive ketones (excluding diaryl/α,β-unsaturated/α-hetero) is 1. The number of rotatable bonds is 5. The Morgan fingerprint density at radius 2 is 1.72 bits per heavy atom. The fraction of sp³-hybridized carbons (Fsp3) is 0.125. The van der Waals surface area contributed by atoms with Crippen molar-refractivity contribution >= 4 is 22.4 Å². The van der Waals surface area contributed by atoms with Crippen molar-refractivity contribution < 1.29 is 18.7 Å². The summed E-state index contributed by atoms with van der Waals surface area (Å²) in [4.78, 5) is 25.1. The molecule has 142 valence electrons. The average Bonchev–Trinajstić information content (AvgIpc) is 3.27. The van der Waals surface area contributed by atoms with Crippen LogP contribution < -0.4 is 4.74 Å². The van der Waals surface area contributed by atoms with Crippen molar-refractivity contribution in [3.63, 3.8) is 0 Å². The van der Waals surface area contributed by atoms with Gasteiger partial charge in [-0.2, -0.15) is 0 Å². The van der Waals surface area contributed by atoms with Crippen LogP contribution in [0.3, 0.4) is 0 Å². The summed E-state index contributed by atoms with van der Waals surface area (Å²) >= 11 is 0. The van der Waals surface area contributed by atoms with E-state index in [4.69, 9.17) is 9.15 Å². The smallest absolute Gasteiger partial charge is 0.277 e. The zero-order chi connectivity index (χ0) is 19.8. The molecule has 0 amide bonds. The first-order valence-corrected chi connectivity index (χ1v) is 9.48. The molecule has 0 saturated carbocycles. The average molecular weight is 384 g/mol. The Kier molecular flexibility index (Phi) is 4.21. The van der Waals surface area contributed by atoms with Gasteiger partial charge in [-0.25, -0.2) is 0 Å². The Bertz CT molecular complexity index is 1190. The van der Waals surface area contributed by atoms with E-state index < -0.39 is 6.04 Å². The molecule has 4 aromatic rings. The predicted molar refractivity (Wildman–Crippen MR) is 109 cm³/mol. The number of ketones is 1. The molecule has 0 radical (unpaired) electrons. The second-order valence-electron chi connectivity index (χ2n) is 7.11. The maximum Gasteiger partial charge on any atom is 0.277 e. The molecular formula is C24H18NO4+. The molecule has 0 aliphatic carbocycles. The van der Waals surface area contributed by atoms with E-state index in [-0.39, 0.29) is 12.2 Å². The van der Waals surface area contributed by atoms with Gasteiger partial charge in [-0.3, -0.25) is 4.79 Å². The third-order valence-corrected chi connectivity index (χ3v) is 5.17. The number of furan rings is 1. The third-order valence-electron chi connectivity index (χ3n) is 5.17. The van der Waals surface area contributed by atoms with Crippen molar-refractivity contribution in [2.75, 3.05) is 0 Å². The van der Waals surface area contributed by atoms with Crippen LogP contribution in [0.15, 0.2) is 83.3 Å². The number of nitroso groups, excluding NO2 is 1. The van der Waals surface area contributed by atoms with E-state index in [1.807, 2.05) is 54.6 Å². The van der Waals surface area contributed by atoms with E-state index in [1.165, 1.54) is 0 Å². The highest BCUT2D eigenvalue weighted by Crippen LogP contribution is 2.32. The summed E-state index contributed by atoms with van der Waals surface area (Å²) in [6.45, 7) is 0.483. The molecule has 0 fully saturated rings. The van der Waals surface area contributed by atoms with Crippen molar-refractivity contribution in [1.29, 1.82) is 0 Å². The van der Waals surface area contributed by atoms with Crippen molar-refractivity contribution in [1.82, 2.24) is 0 Å². The van der Waals surface area contributed by atoms with Crippen LogP contribution in [0, 0.1) is 4.91 Å². The standard InChI is InChI=1S/C24H18NO4/c26-24-20-8-4-5-9-21(20)25(27)22(24)14-19-13-17-12-18(10-11-23(17)29-19)28-15-16-6-2-1-3-7-16/h1-13,22H,14-15H2/q+1. The Morgan fingerprint density at radius 3 is 2.55 bits per heavy atom. The minimum atomic E-state index is -0.790. The summed E-state index contributed by atoms with van der Waals surface area (Å²) in [7, 11) is 0. The second kappa shape index (κ2) is 7.02. The van der Waals surface area contributed by atoms with Crippen LogP contribution in [0.5, 0.6) is 5.75 Å². The van der Waals surface area contributed by atoms with Crippen LogP contribution >= 0.6 is 0 Å². The van der Waals surface area contributed by atoms with Crippen molar-refractivity contribution in [2.45, 2.75) is 19.1 Å². The molecule has 5 nitrogen and oxygen atoms in total. The minimum Gasteiger partial charge on any atom is -0.489 e. The molecule has 3 aromatic carbocycles. The molecule has 1 unspecified atom stereocenters. The molecule has 1 aromatic heterocycles. The maximum absolute atomic E-state index is 12.6. The third kappa shape index (κ3) is 3.21. The van der Waals surface area contributed by atoms with E-state index in [2.05, 4.69) is 0 Å². The van der Waals surface area contributed by atoms with Crippen LogP contribution in [0.1, 0.15) is 21.7 Å². The molecule has 5 heteroatoms. The van der Waals surface area contributed by atoms with Gasteiger partial charge in [0.05, 0.1) is 6.42 Å². The first kappa shape index (κ1) is 17.4. The normalized spacial score (nSPS) is 15.7. The molecule has 1 aliphatic rings. The second-order valence-corrected chi connectivity index (χ2v) is 7.11. The molecule has 0 saturated heterocycles. The predicted octanol–water partition coefficient (Wildman–Crippen LogP) is 5.23. The molecule has 29 heavy (non-hydrogen) atoms. The van der Waals surface area contributed by atoms with Crippen LogP contribution in [-0.4, -0.2) is 16.6 Å². The van der Waals surface area contributed by atoms with E-state index in [0.29, 0.717) is 29.2 Å². The van der Waals surface area contributed by atoms with Crippen LogP contribution in [0.4, 0.5) is 5.69 Å². The van der Waals surface area contributed by atoms with Crippen molar-refractivity contribution in [3.8, 4) is 5.75 Å². The summed E-state index contributed by atoms with van der Waals surface area (Å²) in [5.41, 5.74) is 2.69. The molecule has 5 rings (SSSR count). The Hall–Kier alpha value is -3.73. The molecule has 0 spiro atoms. The lowest BCUT2D eigenvalue weighted by molar-refractivity contribution is -0.482. The first-order valence-electron chi connectivity index (χ1n) is 9.48. The van der Waals surface area contributed by atoms with Crippen molar-refractivity contribution in [2.24, 2.45) is 0 Å². The van der Waals surface area contributed by atoms with Gasteiger partial charge in [0.25, 0.3) is 11.7 Å². The molecular weight excluding hydrogens is 366 g/mol. The van der Waals surface area contributed by atoms with Gasteiger partial charge in [0.15, 0.2) is 0 Å². The monoisotopic (exact) mass is 384 g/mol. The lowest BCUT2D eigenvalue weighted by Crippen LogP contribution is -2.25. The Balaban J connectivity index is 1.34. The highest BCUT2D eigenvalue weighted by atomic mass is 16.5. The van der Waals surface area contributed by atoms with Gasteiger partial charge in [0.2, 0.25) is 5.78 Å². The van der Waals surface area contributed by atoms with E-state index in [1.54, 1.807) is 24.3 Å². The number of benzene rings is 3. The zero-order valence-corrected chi connectivity index (χ0v) is 15.6. The van der Waals surface area contributed by atoms with E-state index >= 15 is 0 Å². The summed E-state index contributed by atoms with van der Waals surface area (Å²) in [6.07, 6.45) is 0.228. The van der Waals surface area contributed by atoms with E-state index in [0.717, 1.165) is 21.5 Å². The van der Waals surface area contributed by atoms with Gasteiger partial charge in [-0.05, 0) is 35.9 Å². The largest absolute Gasteiger partial charge is 0.489 e. The highest BCUT2D eigenvalue weighted by Gasteiger charge is 2.46. The highest BCUT2D eigenvalue weighted by molar-refractivity contribution is 6.05. The molecule has 1 aliphatic heterocycles. The topological polar surface area (TPSA) is 59.5 Å². The lowest BCUT2D eigenvalue weighted by atomic mass is 10.0. The zero-order valence-electron chi connectivity index (χ0n) is 15.6. The number of fused-ring (bicyclic) bond motifs is 2. The number of hydrogen-bond donors (Lipinski definition) is 0. The Labute approximate surface area is 167 Å². The molecule has 1 atom stereocenters. The van der Waals surface area contributed by atoms with Gasteiger partial charge >= 0.3 is 0 Å². The van der Waals surface area contributed by atoms with Gasteiger partial charge in [0.1, 0.15) is 29.3 Å². The lowest BCUT2D eigenvalue weighted by Gasteiger charge is -2.05. The number of nitrogens with zero attached hydrogens (tertiary/aromatic N) is 1. The summed E-state index contributed by atoms with van der Waals surface area (Å²) in [5.74, 6) is 1.18. The van der Waals surface area contributed by atoms with Crippen LogP contribution in [0.2, 0.25) is 0 Å². The number of carbonyl (C=O) groups excluding carboxylic acids is 1. The number of hydrogen-bond acceptors (Lipinski definition) is 4. The maximum atomic E-state index is 12.6. The SMILES string of the molecule is O=C1c2ccccc2[N+](=O)C1Cc1cc2cc(OCc3ccccc3)ccc2o1. The van der Waals surface area contributed by atoms with Gasteiger partial charge in [0, 0.05) is 21.1 Å². The number of carbonyl (C=O) groups is 1. The van der Waals surface area contributed by atoms with Crippen molar-refractivity contribution in [3.05, 3.63) is 101 Å². The fourth-order valence-electron chi connectivity index (χ4n) is 3.70. The van der Waals surface area contributed by atoms with E-state index in [9.17, 15) is 9.70 Å². The number of para-hydroxylation sites is 1. The Morgan fingerprint density at radius 1 is 0.931 bits per heavy atom. The molecule has 0 bridgehead atoms. The first-order chi connectivity index (χ1) is 14.2. The van der Waals surface area contributed by atoms with Gasteiger partial charge < -0.3 is 9.15 Å². The minimum absolute atomic E-state index is 0.164. The van der Waals surface area contributed by atoms with Gasteiger partial charge in [-0.1, -0.05) is 42.5 Å². The summed E-state index contributed by atoms with van der Waals surface area (Å²) in [5, 5.41) is 0.881. The van der Waals surface area contributed by atoms with Crippen LogP contribution in [0.25, 0.3) is 11.0 Å². The quantitative estimate of drug-likeness (QED) is 0.442. The summed E-state index contributed by atoms with van der Waals surface area (Å²) in [6, 6.07) is 23.5. The molecule has 2 heterocycles. The summed E-state index contributed by atoms with van der Waals surface area (Å²) < 4.78 is 12.5. The fourth-order valence-corrected chi connectivity index (χ4v) is 3.70. The van der Waals surface area contributed by atoms with Crippen LogP contribution in [-0.2, 0) is 13.0 Å². The van der Waals surface area contributed by atoms with Gasteiger partial charge in [-0.15, -0.1) is 0 Å². The number of ether oxygens (including phenoxy) is 1. The molecule has 0 N–H and O–H groups in total.